The number of nitrogens with one attached hydrogen (secondary N) is 1. The maximum Gasteiger partial charge on any atom is 0.407 e. The summed E-state index contributed by atoms with van der Waals surface area (Å²) in [6.07, 6.45) is -0.345. The fraction of sp³-hybridized carbons (Fsp3) is 0.900. The normalized spacial score (nSPS) is 12.5. The Morgan fingerprint density at radius 2 is 1.62 bits per heavy atom. The van der Waals surface area contributed by atoms with Crippen LogP contribution in [0.3, 0.4) is 0 Å². The van der Waals surface area contributed by atoms with Gasteiger partial charge in [0.05, 0.1) is 0 Å². The van der Waals surface area contributed by atoms with Gasteiger partial charge >= 0.3 is 6.09 Å². The highest BCUT2D eigenvalue weighted by molar-refractivity contribution is 5.67. The molecule has 0 spiro atoms. The van der Waals surface area contributed by atoms with Crippen LogP contribution in [0.15, 0.2) is 0 Å². The quantitative estimate of drug-likeness (QED) is 0.685. The minimum absolute atomic E-state index is 0.0942. The van der Waals surface area contributed by atoms with Gasteiger partial charge in [0, 0.05) is 6.54 Å². The fourth-order valence-electron chi connectivity index (χ4n) is 0.652. The number of amides is 1. The minimum Gasteiger partial charge on any atom is -0.444 e. The van der Waals surface area contributed by atoms with E-state index in [4.69, 9.17) is 4.74 Å². The predicted molar refractivity (Wildman–Crippen MR) is 53.7 cm³/mol. The number of hydrogen-bond donors (Lipinski definition) is 1. The molecule has 0 rings (SSSR count). The van der Waals surface area contributed by atoms with E-state index in [-0.39, 0.29) is 11.5 Å². The molecule has 0 saturated carbocycles. The van der Waals surface area contributed by atoms with Crippen molar-refractivity contribution in [2.75, 3.05) is 6.54 Å². The predicted octanol–water partition coefficient (Wildman–Crippen LogP) is 2.56. The monoisotopic (exact) mass is 187 g/mol. The van der Waals surface area contributed by atoms with E-state index in [1.807, 2.05) is 20.8 Å². The van der Waals surface area contributed by atoms with Crippen LogP contribution in [0.5, 0.6) is 0 Å². The molecule has 0 radical (unpaired) electrons. The Labute approximate surface area is 80.8 Å². The van der Waals surface area contributed by atoms with E-state index in [0.29, 0.717) is 6.54 Å². The van der Waals surface area contributed by atoms with Crippen LogP contribution >= 0.6 is 0 Å². The molecule has 0 aromatic rings. The summed E-state index contributed by atoms with van der Waals surface area (Å²) < 4.78 is 5.08. The summed E-state index contributed by atoms with van der Waals surface area (Å²) in [7, 11) is 0. The van der Waals surface area contributed by atoms with Crippen LogP contribution in [-0.2, 0) is 4.74 Å². The molecule has 1 N–H and O–H groups in total. The van der Waals surface area contributed by atoms with E-state index in [9.17, 15) is 4.79 Å². The van der Waals surface area contributed by atoms with Crippen LogP contribution < -0.4 is 5.32 Å². The SMILES string of the molecule is CC(C)(C)CNC(=O)OC(C)(C)C. The number of carbonyl (C=O) groups excluding carboxylic acids is 1. The van der Waals surface area contributed by atoms with Crippen LogP contribution in [0.1, 0.15) is 41.5 Å². The van der Waals surface area contributed by atoms with Gasteiger partial charge in [-0.3, -0.25) is 0 Å². The summed E-state index contributed by atoms with van der Waals surface area (Å²) in [4.78, 5) is 11.2. The molecule has 1 amide bonds. The molecule has 0 aliphatic heterocycles. The number of hydrogen-bond acceptors (Lipinski definition) is 2. The standard InChI is InChI=1S/C10H21NO2/c1-9(2,3)7-11-8(12)13-10(4,5)6/h7H2,1-6H3,(H,11,12). The largest absolute Gasteiger partial charge is 0.444 e. The van der Waals surface area contributed by atoms with Crippen molar-refractivity contribution >= 4 is 6.09 Å². The van der Waals surface area contributed by atoms with Crippen molar-refractivity contribution in [2.45, 2.75) is 47.1 Å². The number of alkyl carbamates (subject to hydrolysis) is 1. The second-order valence-corrected chi connectivity index (χ2v) is 5.42. The lowest BCUT2D eigenvalue weighted by molar-refractivity contribution is 0.0509. The molecule has 0 aromatic heterocycles. The first-order valence-electron chi connectivity index (χ1n) is 4.57. The topological polar surface area (TPSA) is 38.3 Å². The molecule has 3 heteroatoms. The Bertz CT molecular complexity index is 174. The van der Waals surface area contributed by atoms with Gasteiger partial charge in [0.2, 0.25) is 0 Å². The second-order valence-electron chi connectivity index (χ2n) is 5.42. The van der Waals surface area contributed by atoms with Gasteiger partial charge in [0.15, 0.2) is 0 Å². The van der Waals surface area contributed by atoms with Crippen molar-refractivity contribution in [3.8, 4) is 0 Å². The summed E-state index contributed by atoms with van der Waals surface area (Å²) in [5.74, 6) is 0. The zero-order valence-corrected chi connectivity index (χ0v) is 9.52. The lowest BCUT2D eigenvalue weighted by atomic mass is 9.97. The van der Waals surface area contributed by atoms with Crippen LogP contribution in [0.4, 0.5) is 4.79 Å². The summed E-state index contributed by atoms with van der Waals surface area (Å²) in [6.45, 7) is 12.4. The van der Waals surface area contributed by atoms with Gasteiger partial charge in [-0.1, -0.05) is 20.8 Å². The molecular formula is C10H21NO2. The molecule has 0 saturated heterocycles. The Hall–Kier alpha value is -0.730. The van der Waals surface area contributed by atoms with Crippen molar-refractivity contribution in [3.05, 3.63) is 0 Å². The lowest BCUT2D eigenvalue weighted by Crippen LogP contribution is -2.37. The smallest absolute Gasteiger partial charge is 0.407 e. The lowest BCUT2D eigenvalue weighted by Gasteiger charge is -2.23. The van der Waals surface area contributed by atoms with Crippen molar-refractivity contribution in [1.29, 1.82) is 0 Å². The van der Waals surface area contributed by atoms with Crippen molar-refractivity contribution in [1.82, 2.24) is 5.32 Å². The van der Waals surface area contributed by atoms with E-state index in [1.165, 1.54) is 0 Å². The van der Waals surface area contributed by atoms with E-state index < -0.39 is 5.60 Å². The van der Waals surface area contributed by atoms with Gasteiger partial charge in [-0.25, -0.2) is 4.79 Å². The molecule has 0 heterocycles. The number of rotatable bonds is 1. The zero-order chi connectivity index (χ0) is 10.7. The third-order valence-electron chi connectivity index (χ3n) is 1.16. The summed E-state index contributed by atoms with van der Waals surface area (Å²) in [6, 6.07) is 0. The average Bonchev–Trinajstić information content (AvgIpc) is 1.78. The average molecular weight is 187 g/mol. The molecule has 0 aliphatic carbocycles. The van der Waals surface area contributed by atoms with Crippen molar-refractivity contribution in [2.24, 2.45) is 5.41 Å². The molecule has 13 heavy (non-hydrogen) atoms. The fourth-order valence-corrected chi connectivity index (χ4v) is 0.652. The highest BCUT2D eigenvalue weighted by Crippen LogP contribution is 2.11. The first kappa shape index (κ1) is 12.3. The maximum atomic E-state index is 11.2. The van der Waals surface area contributed by atoms with Crippen LogP contribution in [-0.4, -0.2) is 18.2 Å². The maximum absolute atomic E-state index is 11.2. The summed E-state index contributed by atoms with van der Waals surface area (Å²) in [5.41, 5.74) is -0.321. The minimum atomic E-state index is -0.415. The Kier molecular flexibility index (Phi) is 3.76. The molecule has 0 bridgehead atoms. The molecule has 3 nitrogen and oxygen atoms in total. The van der Waals surface area contributed by atoms with Crippen molar-refractivity contribution < 1.29 is 9.53 Å². The van der Waals surface area contributed by atoms with Gasteiger partial charge in [0.1, 0.15) is 5.60 Å². The van der Waals surface area contributed by atoms with Gasteiger partial charge in [-0.05, 0) is 26.2 Å². The van der Waals surface area contributed by atoms with E-state index in [2.05, 4.69) is 26.1 Å². The molecule has 0 fully saturated rings. The first-order chi connectivity index (χ1) is 5.60. The molecular weight excluding hydrogens is 166 g/mol. The third-order valence-corrected chi connectivity index (χ3v) is 1.16. The zero-order valence-electron chi connectivity index (χ0n) is 9.52. The van der Waals surface area contributed by atoms with Gasteiger partial charge in [-0.15, -0.1) is 0 Å². The number of carbonyl (C=O) groups is 1. The van der Waals surface area contributed by atoms with Gasteiger partial charge < -0.3 is 10.1 Å². The summed E-state index contributed by atoms with van der Waals surface area (Å²) >= 11 is 0. The molecule has 0 aliphatic rings. The van der Waals surface area contributed by atoms with Gasteiger partial charge in [0.25, 0.3) is 0 Å². The molecule has 78 valence electrons. The Morgan fingerprint density at radius 1 is 1.15 bits per heavy atom. The van der Waals surface area contributed by atoms with Crippen LogP contribution in [0.25, 0.3) is 0 Å². The van der Waals surface area contributed by atoms with Gasteiger partial charge in [-0.2, -0.15) is 0 Å². The van der Waals surface area contributed by atoms with Crippen LogP contribution in [0, 0.1) is 5.41 Å². The molecule has 0 atom stereocenters. The third kappa shape index (κ3) is 9.18. The van der Waals surface area contributed by atoms with E-state index >= 15 is 0 Å². The van der Waals surface area contributed by atoms with Crippen molar-refractivity contribution in [3.63, 3.8) is 0 Å². The highest BCUT2D eigenvalue weighted by Gasteiger charge is 2.18. The first-order valence-corrected chi connectivity index (χ1v) is 4.57. The Morgan fingerprint density at radius 3 is 1.92 bits per heavy atom. The van der Waals surface area contributed by atoms with E-state index in [1.54, 1.807) is 0 Å². The second kappa shape index (κ2) is 3.99. The van der Waals surface area contributed by atoms with Crippen LogP contribution in [0.2, 0.25) is 0 Å². The molecule has 0 unspecified atom stereocenters. The molecule has 0 aromatic carbocycles. The highest BCUT2D eigenvalue weighted by atomic mass is 16.6. The number of ether oxygens (including phenoxy) is 1. The Balaban J connectivity index is 3.78. The van der Waals surface area contributed by atoms with E-state index in [0.717, 1.165) is 0 Å². The summed E-state index contributed by atoms with van der Waals surface area (Å²) in [5, 5.41) is 2.72.